The molecule has 0 aliphatic rings. The van der Waals surface area contributed by atoms with Crippen molar-refractivity contribution in [3.8, 4) is 0 Å². The zero-order chi connectivity index (χ0) is 8.53. The van der Waals surface area contributed by atoms with Gasteiger partial charge in [-0.15, -0.1) is 0 Å². The molecule has 0 rings (SSSR count). The van der Waals surface area contributed by atoms with Crippen LogP contribution in [0.1, 0.15) is 33.6 Å². The van der Waals surface area contributed by atoms with Crippen molar-refractivity contribution in [3.63, 3.8) is 0 Å². The molecule has 0 aliphatic heterocycles. The summed E-state index contributed by atoms with van der Waals surface area (Å²) in [7, 11) is -0.751. The minimum atomic E-state index is -0.751. The summed E-state index contributed by atoms with van der Waals surface area (Å²) < 4.78 is 0. The van der Waals surface area contributed by atoms with Gasteiger partial charge in [-0.05, 0) is 19.1 Å². The summed E-state index contributed by atoms with van der Waals surface area (Å²) in [6, 6.07) is 1.39. The lowest BCUT2D eigenvalue weighted by Gasteiger charge is -2.15. The van der Waals surface area contributed by atoms with E-state index < -0.39 is 9.12 Å². The molecule has 0 amide bonds. The number of nitrogens with one attached hydrogen (secondary N) is 2. The van der Waals surface area contributed by atoms with Gasteiger partial charge in [-0.3, -0.25) is 0 Å². The zero-order valence-electron chi connectivity index (χ0n) is 8.11. The van der Waals surface area contributed by atoms with Crippen molar-refractivity contribution in [2.75, 3.05) is 13.1 Å². The summed E-state index contributed by atoms with van der Waals surface area (Å²) in [5.41, 5.74) is 0. The summed E-state index contributed by atoms with van der Waals surface area (Å²) >= 11 is 0. The van der Waals surface area contributed by atoms with Crippen LogP contribution in [-0.2, 0) is 0 Å². The second kappa shape index (κ2) is 8.24. The minimum Gasteiger partial charge on any atom is -0.328 e. The van der Waals surface area contributed by atoms with Crippen LogP contribution in [0.2, 0.25) is 6.04 Å². The van der Waals surface area contributed by atoms with Crippen LogP contribution < -0.4 is 9.96 Å². The van der Waals surface area contributed by atoms with Crippen LogP contribution in [-0.4, -0.2) is 22.2 Å². The van der Waals surface area contributed by atoms with Crippen molar-refractivity contribution in [1.29, 1.82) is 0 Å². The van der Waals surface area contributed by atoms with Crippen LogP contribution in [0.4, 0.5) is 0 Å². The van der Waals surface area contributed by atoms with Gasteiger partial charge >= 0.3 is 0 Å². The molecule has 0 bridgehead atoms. The first-order chi connectivity index (χ1) is 5.35. The van der Waals surface area contributed by atoms with Gasteiger partial charge in [-0.25, -0.2) is 0 Å². The average molecular weight is 174 g/mol. The lowest BCUT2D eigenvalue weighted by atomic mass is 10.4. The van der Waals surface area contributed by atoms with Gasteiger partial charge in [0.05, 0.1) is 0 Å². The van der Waals surface area contributed by atoms with Gasteiger partial charge in [0.1, 0.15) is 0 Å². The van der Waals surface area contributed by atoms with E-state index in [0.717, 1.165) is 13.1 Å². The Morgan fingerprint density at radius 2 is 1.55 bits per heavy atom. The van der Waals surface area contributed by atoms with Crippen LogP contribution in [0, 0.1) is 0 Å². The molecular weight excluding hydrogens is 152 g/mol. The minimum absolute atomic E-state index is 0.751. The standard InChI is InChI=1S/C8H22N2Si/c1-4-7-8-11(9-5-2)10-6-3/h9-11H,4-8H2,1-3H3. The predicted octanol–water partition coefficient (Wildman–Crippen LogP) is 1.23. The normalized spacial score (nSPS) is 10.9. The molecule has 0 aromatic rings. The molecule has 68 valence electrons. The molecular formula is C8H22N2Si. The van der Waals surface area contributed by atoms with Gasteiger partial charge in [0.25, 0.3) is 0 Å². The Kier molecular flexibility index (Phi) is 8.34. The SMILES string of the molecule is CCCC[SiH](NCC)NCC. The summed E-state index contributed by atoms with van der Waals surface area (Å²) in [6.45, 7) is 8.86. The topological polar surface area (TPSA) is 24.1 Å². The van der Waals surface area contributed by atoms with Crippen molar-refractivity contribution < 1.29 is 0 Å². The maximum atomic E-state index is 3.55. The molecule has 0 spiro atoms. The van der Waals surface area contributed by atoms with Gasteiger partial charge in [0, 0.05) is 0 Å². The monoisotopic (exact) mass is 174 g/mol. The van der Waals surface area contributed by atoms with Gasteiger partial charge in [-0.2, -0.15) is 0 Å². The third-order valence-electron chi connectivity index (χ3n) is 1.75. The Morgan fingerprint density at radius 1 is 1.00 bits per heavy atom. The van der Waals surface area contributed by atoms with E-state index in [1.54, 1.807) is 0 Å². The fourth-order valence-corrected chi connectivity index (χ4v) is 3.53. The second-order valence-electron chi connectivity index (χ2n) is 2.81. The van der Waals surface area contributed by atoms with Crippen molar-refractivity contribution in [2.45, 2.75) is 39.7 Å². The van der Waals surface area contributed by atoms with E-state index >= 15 is 0 Å². The molecule has 0 aromatic carbocycles. The highest BCUT2D eigenvalue weighted by Gasteiger charge is 2.05. The quantitative estimate of drug-likeness (QED) is 0.567. The molecule has 0 aliphatic carbocycles. The number of rotatable bonds is 7. The van der Waals surface area contributed by atoms with Crippen molar-refractivity contribution in [2.24, 2.45) is 0 Å². The Labute approximate surface area is 72.5 Å². The molecule has 0 saturated carbocycles. The van der Waals surface area contributed by atoms with E-state index in [2.05, 4.69) is 30.7 Å². The maximum absolute atomic E-state index is 3.55. The van der Waals surface area contributed by atoms with E-state index in [4.69, 9.17) is 0 Å². The van der Waals surface area contributed by atoms with Gasteiger partial charge in [0.15, 0.2) is 9.12 Å². The number of hydrogen-bond donors (Lipinski definition) is 2. The lowest BCUT2D eigenvalue weighted by molar-refractivity contribution is 0.815. The molecule has 11 heavy (non-hydrogen) atoms. The summed E-state index contributed by atoms with van der Waals surface area (Å²) in [5.74, 6) is 0. The van der Waals surface area contributed by atoms with Gasteiger partial charge < -0.3 is 9.96 Å². The smallest absolute Gasteiger partial charge is 0.184 e. The first-order valence-electron chi connectivity index (χ1n) is 4.81. The van der Waals surface area contributed by atoms with Gasteiger partial charge in [0.2, 0.25) is 0 Å². The molecule has 0 aromatic heterocycles. The molecule has 0 saturated heterocycles. The van der Waals surface area contributed by atoms with E-state index in [1.165, 1.54) is 18.9 Å². The largest absolute Gasteiger partial charge is 0.328 e. The van der Waals surface area contributed by atoms with Crippen molar-refractivity contribution in [1.82, 2.24) is 9.96 Å². The molecule has 3 heteroatoms. The van der Waals surface area contributed by atoms with E-state index in [-0.39, 0.29) is 0 Å². The average Bonchev–Trinajstić information content (AvgIpc) is 2.01. The third kappa shape index (κ3) is 6.53. The molecule has 0 radical (unpaired) electrons. The lowest BCUT2D eigenvalue weighted by Crippen LogP contribution is -2.46. The summed E-state index contributed by atoms with van der Waals surface area (Å²) in [6.07, 6.45) is 2.69. The number of unbranched alkanes of at least 4 members (excludes halogenated alkanes) is 1. The first kappa shape index (κ1) is 11.1. The second-order valence-corrected chi connectivity index (χ2v) is 5.31. The maximum Gasteiger partial charge on any atom is 0.184 e. The highest BCUT2D eigenvalue weighted by atomic mass is 28.3. The fraction of sp³-hybridized carbons (Fsp3) is 1.00. The highest BCUT2D eigenvalue weighted by Crippen LogP contribution is 1.95. The Hall–Kier alpha value is 0.137. The van der Waals surface area contributed by atoms with E-state index in [0.29, 0.717) is 0 Å². The fourth-order valence-electron chi connectivity index (χ4n) is 1.18. The van der Waals surface area contributed by atoms with Crippen LogP contribution >= 0.6 is 0 Å². The van der Waals surface area contributed by atoms with Crippen molar-refractivity contribution >= 4 is 9.12 Å². The molecule has 2 nitrogen and oxygen atoms in total. The third-order valence-corrected chi connectivity index (χ3v) is 4.54. The number of hydrogen-bond acceptors (Lipinski definition) is 2. The van der Waals surface area contributed by atoms with Crippen LogP contribution in [0.15, 0.2) is 0 Å². The van der Waals surface area contributed by atoms with E-state index in [9.17, 15) is 0 Å². The van der Waals surface area contributed by atoms with E-state index in [1.807, 2.05) is 0 Å². The van der Waals surface area contributed by atoms with Gasteiger partial charge in [-0.1, -0.05) is 33.6 Å². The molecule has 0 fully saturated rings. The predicted molar refractivity (Wildman–Crippen MR) is 54.2 cm³/mol. The Morgan fingerprint density at radius 3 is 1.91 bits per heavy atom. The Balaban J connectivity index is 3.34. The molecule has 0 heterocycles. The summed E-state index contributed by atoms with van der Waals surface area (Å²) in [5, 5.41) is 0. The van der Waals surface area contributed by atoms with Crippen LogP contribution in [0.25, 0.3) is 0 Å². The summed E-state index contributed by atoms with van der Waals surface area (Å²) in [4.78, 5) is 7.09. The van der Waals surface area contributed by atoms with Crippen LogP contribution in [0.5, 0.6) is 0 Å². The molecule has 2 N–H and O–H groups in total. The zero-order valence-corrected chi connectivity index (χ0v) is 9.27. The Bertz CT molecular complexity index is 72.5. The first-order valence-corrected chi connectivity index (χ1v) is 6.79. The van der Waals surface area contributed by atoms with Crippen molar-refractivity contribution in [3.05, 3.63) is 0 Å². The van der Waals surface area contributed by atoms with Crippen LogP contribution in [0.3, 0.4) is 0 Å². The highest BCUT2D eigenvalue weighted by molar-refractivity contribution is 6.53. The molecule has 0 unspecified atom stereocenters. The molecule has 0 atom stereocenters.